The van der Waals surface area contributed by atoms with Gasteiger partial charge in [0.2, 0.25) is 0 Å². The second-order valence-electron chi connectivity index (χ2n) is 3.69. The number of benzene rings is 1. The molecule has 0 saturated heterocycles. The Morgan fingerprint density at radius 1 is 1.41 bits per heavy atom. The molecule has 1 aromatic rings. The highest BCUT2D eigenvalue weighted by atomic mass is 16.5. The van der Waals surface area contributed by atoms with Crippen molar-refractivity contribution in [2.24, 2.45) is 5.73 Å². The van der Waals surface area contributed by atoms with Gasteiger partial charge in [0.25, 0.3) is 0 Å². The number of carboxylic acid groups (broad SMARTS) is 1. The Balaban J connectivity index is 3.36. The Kier molecular flexibility index (Phi) is 4.34. The van der Waals surface area contributed by atoms with Crippen LogP contribution >= 0.6 is 0 Å². The third kappa shape index (κ3) is 2.68. The zero-order chi connectivity index (χ0) is 13.0. The molecule has 0 aliphatic carbocycles. The molecule has 0 bridgehead atoms. The molecule has 0 saturated carbocycles. The fraction of sp³-hybridized carbons (Fsp3) is 0.417. The smallest absolute Gasteiger partial charge is 0.312 e. The molecule has 0 aliphatic rings. The van der Waals surface area contributed by atoms with Gasteiger partial charge < -0.3 is 20.3 Å². The van der Waals surface area contributed by atoms with Gasteiger partial charge >= 0.3 is 5.97 Å². The van der Waals surface area contributed by atoms with Gasteiger partial charge in [0.1, 0.15) is 11.5 Å². The van der Waals surface area contributed by atoms with E-state index < -0.39 is 11.9 Å². The van der Waals surface area contributed by atoms with Gasteiger partial charge in [-0.2, -0.15) is 0 Å². The first-order valence-corrected chi connectivity index (χ1v) is 5.20. The van der Waals surface area contributed by atoms with Crippen LogP contribution in [0.4, 0.5) is 0 Å². The highest BCUT2D eigenvalue weighted by Crippen LogP contribution is 2.33. The fourth-order valence-corrected chi connectivity index (χ4v) is 1.78. The van der Waals surface area contributed by atoms with Crippen LogP contribution in [-0.4, -0.2) is 31.8 Å². The molecule has 0 aromatic heterocycles. The van der Waals surface area contributed by atoms with Gasteiger partial charge in [-0.3, -0.25) is 4.79 Å². The van der Waals surface area contributed by atoms with Crippen LogP contribution in [0.1, 0.15) is 17.0 Å². The first kappa shape index (κ1) is 13.3. The number of hydrogen-bond acceptors (Lipinski definition) is 4. The minimum absolute atomic E-state index is 0.0122. The van der Waals surface area contributed by atoms with Crippen molar-refractivity contribution in [1.82, 2.24) is 0 Å². The standard InChI is InChI=1S/C12H17NO4/c1-7-4-8(16-2)5-9(11(7)17-3)10(6-13)12(14)15/h4-5,10H,6,13H2,1-3H3,(H,14,15). The molecular weight excluding hydrogens is 222 g/mol. The molecule has 0 spiro atoms. The summed E-state index contributed by atoms with van der Waals surface area (Å²) >= 11 is 0. The van der Waals surface area contributed by atoms with Crippen molar-refractivity contribution in [2.45, 2.75) is 12.8 Å². The number of hydrogen-bond donors (Lipinski definition) is 2. The van der Waals surface area contributed by atoms with Gasteiger partial charge in [0, 0.05) is 12.1 Å². The minimum Gasteiger partial charge on any atom is -0.497 e. The number of rotatable bonds is 5. The van der Waals surface area contributed by atoms with E-state index in [2.05, 4.69) is 0 Å². The van der Waals surface area contributed by atoms with E-state index in [-0.39, 0.29) is 6.54 Å². The number of aliphatic carboxylic acids is 1. The van der Waals surface area contributed by atoms with E-state index in [1.54, 1.807) is 12.1 Å². The predicted molar refractivity (Wildman–Crippen MR) is 63.7 cm³/mol. The number of carbonyl (C=O) groups is 1. The van der Waals surface area contributed by atoms with Crippen molar-refractivity contribution in [3.63, 3.8) is 0 Å². The van der Waals surface area contributed by atoms with Crippen LogP contribution in [0.3, 0.4) is 0 Å². The van der Waals surface area contributed by atoms with Gasteiger partial charge in [-0.15, -0.1) is 0 Å². The van der Waals surface area contributed by atoms with Crippen molar-refractivity contribution < 1.29 is 19.4 Å². The summed E-state index contributed by atoms with van der Waals surface area (Å²) in [6, 6.07) is 3.44. The minimum atomic E-state index is -0.974. The van der Waals surface area contributed by atoms with Crippen LogP contribution in [0.2, 0.25) is 0 Å². The van der Waals surface area contributed by atoms with Gasteiger partial charge in [-0.1, -0.05) is 0 Å². The topological polar surface area (TPSA) is 81.8 Å². The Morgan fingerprint density at radius 2 is 2.06 bits per heavy atom. The first-order valence-electron chi connectivity index (χ1n) is 5.20. The lowest BCUT2D eigenvalue weighted by molar-refractivity contribution is -0.138. The van der Waals surface area contributed by atoms with Gasteiger partial charge in [0.05, 0.1) is 20.1 Å². The zero-order valence-corrected chi connectivity index (χ0v) is 10.2. The monoisotopic (exact) mass is 239 g/mol. The first-order chi connectivity index (χ1) is 8.04. The molecular formula is C12H17NO4. The highest BCUT2D eigenvalue weighted by molar-refractivity contribution is 5.78. The van der Waals surface area contributed by atoms with Crippen LogP contribution < -0.4 is 15.2 Å². The average molecular weight is 239 g/mol. The summed E-state index contributed by atoms with van der Waals surface area (Å²) in [6.45, 7) is 1.85. The molecule has 94 valence electrons. The van der Waals surface area contributed by atoms with Crippen molar-refractivity contribution in [2.75, 3.05) is 20.8 Å². The van der Waals surface area contributed by atoms with Crippen molar-refractivity contribution in [3.05, 3.63) is 23.3 Å². The lowest BCUT2D eigenvalue weighted by Crippen LogP contribution is -2.22. The van der Waals surface area contributed by atoms with E-state index >= 15 is 0 Å². The lowest BCUT2D eigenvalue weighted by Gasteiger charge is -2.17. The number of aryl methyl sites for hydroxylation is 1. The summed E-state index contributed by atoms with van der Waals surface area (Å²) in [4.78, 5) is 11.1. The van der Waals surface area contributed by atoms with E-state index in [0.29, 0.717) is 17.1 Å². The van der Waals surface area contributed by atoms with Gasteiger partial charge in [-0.05, 0) is 24.6 Å². The molecule has 5 nitrogen and oxygen atoms in total. The lowest BCUT2D eigenvalue weighted by atomic mass is 9.96. The number of methoxy groups -OCH3 is 2. The quantitative estimate of drug-likeness (QED) is 0.805. The molecule has 0 heterocycles. The third-order valence-electron chi connectivity index (χ3n) is 2.63. The Hall–Kier alpha value is -1.75. The fourth-order valence-electron chi connectivity index (χ4n) is 1.78. The van der Waals surface area contributed by atoms with E-state index in [4.69, 9.17) is 20.3 Å². The summed E-state index contributed by atoms with van der Waals surface area (Å²) in [5.74, 6) is -0.626. The molecule has 1 atom stereocenters. The molecule has 1 aromatic carbocycles. The van der Waals surface area contributed by atoms with Crippen molar-refractivity contribution in [3.8, 4) is 11.5 Å². The summed E-state index contributed by atoms with van der Waals surface area (Å²) < 4.78 is 10.4. The van der Waals surface area contributed by atoms with Crippen LogP contribution in [0.5, 0.6) is 11.5 Å². The maximum absolute atomic E-state index is 11.1. The second-order valence-corrected chi connectivity index (χ2v) is 3.69. The molecule has 1 rings (SSSR count). The maximum Gasteiger partial charge on any atom is 0.312 e. The van der Waals surface area contributed by atoms with Crippen LogP contribution in [0.25, 0.3) is 0 Å². The molecule has 5 heteroatoms. The maximum atomic E-state index is 11.1. The third-order valence-corrected chi connectivity index (χ3v) is 2.63. The average Bonchev–Trinajstić information content (AvgIpc) is 2.29. The SMILES string of the molecule is COc1cc(C)c(OC)c(C(CN)C(=O)O)c1. The second kappa shape index (κ2) is 5.54. The van der Waals surface area contributed by atoms with Gasteiger partial charge in [-0.25, -0.2) is 0 Å². The molecule has 17 heavy (non-hydrogen) atoms. The molecule has 0 fully saturated rings. The number of nitrogens with two attached hydrogens (primary N) is 1. The normalized spacial score (nSPS) is 12.0. The van der Waals surface area contributed by atoms with Gasteiger partial charge in [0.15, 0.2) is 0 Å². The van der Waals surface area contributed by atoms with E-state index in [0.717, 1.165) is 5.56 Å². The van der Waals surface area contributed by atoms with Crippen molar-refractivity contribution >= 4 is 5.97 Å². The Bertz CT molecular complexity index is 417. The summed E-state index contributed by atoms with van der Waals surface area (Å²) in [5, 5.41) is 9.12. The van der Waals surface area contributed by atoms with E-state index in [9.17, 15) is 4.79 Å². The van der Waals surface area contributed by atoms with E-state index in [1.165, 1.54) is 14.2 Å². The molecule has 0 amide bonds. The summed E-state index contributed by atoms with van der Waals surface area (Å²) in [5.41, 5.74) is 6.86. The molecule has 0 aliphatic heterocycles. The zero-order valence-electron chi connectivity index (χ0n) is 10.2. The highest BCUT2D eigenvalue weighted by Gasteiger charge is 2.23. The Labute approximate surface area is 100 Å². The predicted octanol–water partition coefficient (Wildman–Crippen LogP) is 1.14. The van der Waals surface area contributed by atoms with E-state index in [1.807, 2.05) is 6.92 Å². The van der Waals surface area contributed by atoms with Crippen LogP contribution in [0.15, 0.2) is 12.1 Å². The largest absolute Gasteiger partial charge is 0.497 e. The van der Waals surface area contributed by atoms with Crippen LogP contribution in [-0.2, 0) is 4.79 Å². The van der Waals surface area contributed by atoms with Crippen LogP contribution in [0, 0.1) is 6.92 Å². The Morgan fingerprint density at radius 3 is 2.47 bits per heavy atom. The molecule has 0 radical (unpaired) electrons. The molecule has 1 unspecified atom stereocenters. The number of carboxylic acids is 1. The summed E-state index contributed by atoms with van der Waals surface area (Å²) in [7, 11) is 3.04. The van der Waals surface area contributed by atoms with Crippen molar-refractivity contribution in [1.29, 1.82) is 0 Å². The molecule has 3 N–H and O–H groups in total. The summed E-state index contributed by atoms with van der Waals surface area (Å²) in [6.07, 6.45) is 0. The number of ether oxygens (including phenoxy) is 2.